The van der Waals surface area contributed by atoms with Gasteiger partial charge in [0.1, 0.15) is 5.82 Å². The first-order valence-electron chi connectivity index (χ1n) is 5.52. The molecule has 94 valence electrons. The Kier molecular flexibility index (Phi) is 5.59. The van der Waals surface area contributed by atoms with Crippen molar-refractivity contribution in [3.05, 3.63) is 30.1 Å². The van der Waals surface area contributed by atoms with Crippen molar-refractivity contribution >= 4 is 11.6 Å². The average Bonchev–Trinajstić information content (AvgIpc) is 2.27. The third kappa shape index (κ3) is 5.99. The minimum Gasteiger partial charge on any atom is -0.393 e. The molecule has 1 aromatic carbocycles. The second kappa shape index (κ2) is 6.98. The topological polar surface area (TPSA) is 61.4 Å². The minimum absolute atomic E-state index is 0.171. The average molecular weight is 240 g/mol. The SMILES string of the molecule is CC(O)CCNCC(=O)Nc1ccc(F)cc1. The van der Waals surface area contributed by atoms with Crippen molar-refractivity contribution in [2.45, 2.75) is 19.4 Å². The number of aliphatic hydroxyl groups is 1. The summed E-state index contributed by atoms with van der Waals surface area (Å²) >= 11 is 0. The third-order valence-electron chi connectivity index (χ3n) is 2.15. The van der Waals surface area contributed by atoms with E-state index in [1.807, 2.05) is 0 Å². The van der Waals surface area contributed by atoms with Crippen LogP contribution in [0.5, 0.6) is 0 Å². The van der Waals surface area contributed by atoms with Crippen molar-refractivity contribution in [3.8, 4) is 0 Å². The predicted octanol–water partition coefficient (Wildman–Crippen LogP) is 1.12. The molecule has 1 aromatic rings. The van der Waals surface area contributed by atoms with E-state index in [0.717, 1.165) is 0 Å². The molecule has 0 aliphatic rings. The van der Waals surface area contributed by atoms with Crippen LogP contribution >= 0.6 is 0 Å². The molecule has 1 atom stereocenters. The van der Waals surface area contributed by atoms with Crippen LogP contribution in [0.4, 0.5) is 10.1 Å². The summed E-state index contributed by atoms with van der Waals surface area (Å²) in [6, 6.07) is 5.58. The van der Waals surface area contributed by atoms with E-state index in [1.54, 1.807) is 6.92 Å². The quantitative estimate of drug-likeness (QED) is 0.653. The van der Waals surface area contributed by atoms with Gasteiger partial charge in [-0.25, -0.2) is 4.39 Å². The summed E-state index contributed by atoms with van der Waals surface area (Å²) in [5, 5.41) is 14.5. The van der Waals surface area contributed by atoms with Crippen LogP contribution in [-0.4, -0.2) is 30.2 Å². The number of hydrogen-bond donors (Lipinski definition) is 3. The number of carbonyl (C=O) groups is 1. The smallest absolute Gasteiger partial charge is 0.238 e. The Balaban J connectivity index is 2.23. The molecule has 4 nitrogen and oxygen atoms in total. The molecule has 0 fully saturated rings. The number of carbonyl (C=O) groups excluding carboxylic acids is 1. The third-order valence-corrected chi connectivity index (χ3v) is 2.15. The number of hydrogen-bond acceptors (Lipinski definition) is 3. The molecule has 0 saturated carbocycles. The first-order chi connectivity index (χ1) is 8.08. The van der Waals surface area contributed by atoms with Gasteiger partial charge in [-0.05, 0) is 44.2 Å². The van der Waals surface area contributed by atoms with Crippen LogP contribution in [0.1, 0.15) is 13.3 Å². The maximum Gasteiger partial charge on any atom is 0.238 e. The Bertz CT molecular complexity index is 352. The molecule has 0 aliphatic heterocycles. The lowest BCUT2D eigenvalue weighted by Crippen LogP contribution is -2.29. The molecule has 0 aliphatic carbocycles. The molecule has 1 unspecified atom stereocenters. The fourth-order valence-corrected chi connectivity index (χ4v) is 1.25. The van der Waals surface area contributed by atoms with Gasteiger partial charge in [0.2, 0.25) is 5.91 Å². The Morgan fingerprint density at radius 1 is 1.41 bits per heavy atom. The first kappa shape index (κ1) is 13.6. The van der Waals surface area contributed by atoms with Gasteiger partial charge >= 0.3 is 0 Å². The maximum atomic E-state index is 12.6. The van der Waals surface area contributed by atoms with Gasteiger partial charge in [-0.15, -0.1) is 0 Å². The number of amides is 1. The van der Waals surface area contributed by atoms with E-state index in [9.17, 15) is 9.18 Å². The van der Waals surface area contributed by atoms with Gasteiger partial charge < -0.3 is 15.7 Å². The highest BCUT2D eigenvalue weighted by molar-refractivity contribution is 5.92. The van der Waals surface area contributed by atoms with Gasteiger partial charge in [0.25, 0.3) is 0 Å². The van der Waals surface area contributed by atoms with Crippen LogP contribution in [0.25, 0.3) is 0 Å². The Morgan fingerprint density at radius 3 is 2.65 bits per heavy atom. The minimum atomic E-state index is -0.373. The lowest BCUT2D eigenvalue weighted by molar-refractivity contribution is -0.115. The Labute approximate surface area is 99.8 Å². The summed E-state index contributed by atoms with van der Waals surface area (Å²) in [5.41, 5.74) is 0.564. The molecule has 0 saturated heterocycles. The molecule has 17 heavy (non-hydrogen) atoms. The van der Waals surface area contributed by atoms with E-state index in [-0.39, 0.29) is 24.4 Å². The molecule has 5 heteroatoms. The summed E-state index contributed by atoms with van der Waals surface area (Å²) in [7, 11) is 0. The summed E-state index contributed by atoms with van der Waals surface area (Å²) in [5.74, 6) is -0.528. The van der Waals surface area contributed by atoms with Gasteiger partial charge in [-0.3, -0.25) is 4.79 Å². The molecule has 0 heterocycles. The van der Waals surface area contributed by atoms with E-state index in [0.29, 0.717) is 18.7 Å². The predicted molar refractivity (Wildman–Crippen MR) is 64.2 cm³/mol. The molecule has 1 rings (SSSR count). The zero-order valence-electron chi connectivity index (χ0n) is 9.74. The van der Waals surface area contributed by atoms with E-state index >= 15 is 0 Å². The number of halogens is 1. The number of nitrogens with one attached hydrogen (secondary N) is 2. The van der Waals surface area contributed by atoms with E-state index in [2.05, 4.69) is 10.6 Å². The van der Waals surface area contributed by atoms with Crippen LogP contribution in [0.2, 0.25) is 0 Å². The molecular formula is C12H17FN2O2. The van der Waals surface area contributed by atoms with Crippen molar-refractivity contribution in [1.82, 2.24) is 5.32 Å². The molecule has 0 aromatic heterocycles. The Morgan fingerprint density at radius 2 is 2.06 bits per heavy atom. The zero-order chi connectivity index (χ0) is 12.7. The first-order valence-corrected chi connectivity index (χ1v) is 5.52. The van der Waals surface area contributed by atoms with E-state index in [4.69, 9.17) is 5.11 Å². The number of anilines is 1. The summed E-state index contributed by atoms with van der Waals surface area (Å²) < 4.78 is 12.6. The standard InChI is InChI=1S/C12H17FN2O2/c1-9(16)6-7-14-8-12(17)15-11-4-2-10(13)3-5-11/h2-5,9,14,16H,6-8H2,1H3,(H,15,17). The molecule has 0 bridgehead atoms. The molecule has 1 amide bonds. The lowest BCUT2D eigenvalue weighted by atomic mass is 10.3. The normalized spacial score (nSPS) is 12.2. The van der Waals surface area contributed by atoms with Crippen molar-refractivity contribution in [3.63, 3.8) is 0 Å². The number of benzene rings is 1. The fourth-order valence-electron chi connectivity index (χ4n) is 1.25. The molecular weight excluding hydrogens is 223 g/mol. The highest BCUT2D eigenvalue weighted by Crippen LogP contribution is 2.07. The van der Waals surface area contributed by atoms with Gasteiger partial charge in [-0.1, -0.05) is 0 Å². The summed E-state index contributed by atoms with van der Waals surface area (Å²) in [4.78, 5) is 11.4. The van der Waals surface area contributed by atoms with Crippen molar-refractivity contribution in [2.24, 2.45) is 0 Å². The zero-order valence-corrected chi connectivity index (χ0v) is 9.74. The van der Waals surface area contributed by atoms with Crippen LogP contribution in [-0.2, 0) is 4.79 Å². The van der Waals surface area contributed by atoms with Crippen molar-refractivity contribution in [2.75, 3.05) is 18.4 Å². The van der Waals surface area contributed by atoms with Crippen LogP contribution < -0.4 is 10.6 Å². The van der Waals surface area contributed by atoms with Gasteiger partial charge in [0.05, 0.1) is 12.6 Å². The van der Waals surface area contributed by atoms with Gasteiger partial charge in [0, 0.05) is 5.69 Å². The Hall–Kier alpha value is -1.46. The number of aliphatic hydroxyl groups excluding tert-OH is 1. The van der Waals surface area contributed by atoms with Crippen molar-refractivity contribution < 1.29 is 14.3 Å². The van der Waals surface area contributed by atoms with Gasteiger partial charge in [0.15, 0.2) is 0 Å². The molecule has 3 N–H and O–H groups in total. The summed E-state index contributed by atoms with van der Waals surface area (Å²) in [6.07, 6.45) is 0.228. The van der Waals surface area contributed by atoms with Gasteiger partial charge in [-0.2, -0.15) is 0 Å². The van der Waals surface area contributed by atoms with E-state index in [1.165, 1.54) is 24.3 Å². The second-order valence-electron chi connectivity index (χ2n) is 3.87. The molecule has 0 radical (unpaired) electrons. The fraction of sp³-hybridized carbons (Fsp3) is 0.417. The largest absolute Gasteiger partial charge is 0.393 e. The molecule has 0 spiro atoms. The lowest BCUT2D eigenvalue weighted by Gasteiger charge is -2.07. The highest BCUT2D eigenvalue weighted by Gasteiger charge is 2.02. The summed E-state index contributed by atoms with van der Waals surface area (Å²) in [6.45, 7) is 2.44. The van der Waals surface area contributed by atoms with Crippen LogP contribution in [0.3, 0.4) is 0 Å². The van der Waals surface area contributed by atoms with Crippen molar-refractivity contribution in [1.29, 1.82) is 0 Å². The highest BCUT2D eigenvalue weighted by atomic mass is 19.1. The van der Waals surface area contributed by atoms with E-state index < -0.39 is 0 Å². The maximum absolute atomic E-state index is 12.6. The van der Waals surface area contributed by atoms with Crippen LogP contribution in [0, 0.1) is 5.82 Å². The second-order valence-corrected chi connectivity index (χ2v) is 3.87. The van der Waals surface area contributed by atoms with Crippen LogP contribution in [0.15, 0.2) is 24.3 Å². The number of rotatable bonds is 6. The monoisotopic (exact) mass is 240 g/mol.